The second-order valence-corrected chi connectivity index (χ2v) is 5.00. The molecule has 1 N–H and O–H groups in total. The number of rotatable bonds is 3. The van der Waals surface area contributed by atoms with Gasteiger partial charge in [-0.25, -0.2) is 13.9 Å². The molecule has 2 aromatic heterocycles. The molecule has 0 saturated carbocycles. The van der Waals surface area contributed by atoms with Crippen molar-refractivity contribution in [1.82, 2.24) is 19.9 Å². The first-order chi connectivity index (χ1) is 10.7. The van der Waals surface area contributed by atoms with E-state index in [0.717, 1.165) is 0 Å². The van der Waals surface area contributed by atoms with E-state index in [2.05, 4.69) is 20.4 Å². The second kappa shape index (κ2) is 5.97. The molecule has 1 atom stereocenters. The number of anilines is 1. The Balaban J connectivity index is 2.02. The van der Waals surface area contributed by atoms with E-state index >= 15 is 0 Å². The van der Waals surface area contributed by atoms with Crippen molar-refractivity contribution in [3.63, 3.8) is 0 Å². The SMILES string of the molecule is CCN=C(NC#N)c1cnc2ccc(N3CCC(F)C3)nn12. The number of amidine groups is 1. The lowest BCUT2D eigenvalue weighted by atomic mass is 10.3. The molecule has 0 radical (unpaired) electrons. The first-order valence-corrected chi connectivity index (χ1v) is 7.16. The van der Waals surface area contributed by atoms with E-state index in [4.69, 9.17) is 5.26 Å². The van der Waals surface area contributed by atoms with Crippen LogP contribution in [-0.4, -0.2) is 46.2 Å². The third-order valence-corrected chi connectivity index (χ3v) is 3.54. The maximum Gasteiger partial charge on any atom is 0.182 e. The van der Waals surface area contributed by atoms with Crippen molar-refractivity contribution in [2.45, 2.75) is 19.5 Å². The fraction of sp³-hybridized carbons (Fsp3) is 0.429. The number of nitriles is 1. The van der Waals surface area contributed by atoms with Crippen molar-refractivity contribution in [1.29, 1.82) is 5.26 Å². The van der Waals surface area contributed by atoms with Crippen LogP contribution in [0.25, 0.3) is 5.65 Å². The summed E-state index contributed by atoms with van der Waals surface area (Å²) in [4.78, 5) is 10.4. The zero-order chi connectivity index (χ0) is 15.5. The van der Waals surface area contributed by atoms with Crippen molar-refractivity contribution >= 4 is 17.3 Å². The van der Waals surface area contributed by atoms with Crippen LogP contribution in [0.5, 0.6) is 0 Å². The molecule has 0 spiro atoms. The molecule has 8 heteroatoms. The largest absolute Gasteiger partial charge is 0.352 e. The average molecular weight is 301 g/mol. The minimum absolute atomic E-state index is 0.356. The Kier molecular flexibility index (Phi) is 3.87. The number of aliphatic imine (C=N–C) groups is 1. The predicted octanol–water partition coefficient (Wildman–Crippen LogP) is 1.11. The van der Waals surface area contributed by atoms with Crippen molar-refractivity contribution in [3.8, 4) is 6.19 Å². The molecule has 1 unspecified atom stereocenters. The van der Waals surface area contributed by atoms with Gasteiger partial charge in [-0.3, -0.25) is 10.3 Å². The van der Waals surface area contributed by atoms with E-state index < -0.39 is 6.17 Å². The van der Waals surface area contributed by atoms with Crippen molar-refractivity contribution in [2.75, 3.05) is 24.5 Å². The van der Waals surface area contributed by atoms with Gasteiger partial charge in [-0.05, 0) is 25.5 Å². The molecule has 1 aliphatic rings. The molecule has 22 heavy (non-hydrogen) atoms. The number of halogens is 1. The highest BCUT2D eigenvalue weighted by molar-refractivity contribution is 5.98. The predicted molar refractivity (Wildman–Crippen MR) is 80.5 cm³/mol. The number of hydrogen-bond acceptors (Lipinski definition) is 5. The molecule has 3 heterocycles. The van der Waals surface area contributed by atoms with E-state index in [1.807, 2.05) is 30.1 Å². The Labute approximate surface area is 127 Å². The van der Waals surface area contributed by atoms with E-state index in [-0.39, 0.29) is 0 Å². The normalized spacial score (nSPS) is 18.7. The summed E-state index contributed by atoms with van der Waals surface area (Å²) >= 11 is 0. The molecule has 0 bridgehead atoms. The van der Waals surface area contributed by atoms with Gasteiger partial charge in [-0.1, -0.05) is 0 Å². The van der Waals surface area contributed by atoms with Gasteiger partial charge in [-0.2, -0.15) is 5.26 Å². The van der Waals surface area contributed by atoms with Crippen LogP contribution in [0.2, 0.25) is 0 Å². The van der Waals surface area contributed by atoms with Crippen LogP contribution >= 0.6 is 0 Å². The van der Waals surface area contributed by atoms with E-state index in [0.29, 0.717) is 49.0 Å². The molecule has 114 valence electrons. The van der Waals surface area contributed by atoms with Crippen LogP contribution in [0.1, 0.15) is 19.0 Å². The topological polar surface area (TPSA) is 81.6 Å². The molecule has 1 saturated heterocycles. The van der Waals surface area contributed by atoms with Gasteiger partial charge >= 0.3 is 0 Å². The molecule has 1 fully saturated rings. The van der Waals surface area contributed by atoms with E-state index in [9.17, 15) is 4.39 Å². The highest BCUT2D eigenvalue weighted by atomic mass is 19.1. The number of fused-ring (bicyclic) bond motifs is 1. The number of nitrogens with zero attached hydrogens (tertiary/aromatic N) is 6. The molecule has 2 aromatic rings. The molecule has 0 aliphatic carbocycles. The number of hydrogen-bond donors (Lipinski definition) is 1. The van der Waals surface area contributed by atoms with Crippen LogP contribution < -0.4 is 10.2 Å². The Bertz CT molecular complexity index is 745. The summed E-state index contributed by atoms with van der Waals surface area (Å²) < 4.78 is 15.0. The first kappa shape index (κ1) is 14.3. The minimum Gasteiger partial charge on any atom is -0.352 e. The number of imidazole rings is 1. The minimum atomic E-state index is -0.808. The van der Waals surface area contributed by atoms with Crippen LogP contribution in [-0.2, 0) is 0 Å². The highest BCUT2D eigenvalue weighted by Gasteiger charge is 2.23. The molecular formula is C14H16FN7. The van der Waals surface area contributed by atoms with Gasteiger partial charge in [-0.15, -0.1) is 5.10 Å². The highest BCUT2D eigenvalue weighted by Crippen LogP contribution is 2.20. The molecule has 0 aromatic carbocycles. The summed E-state index contributed by atoms with van der Waals surface area (Å²) in [6.07, 6.45) is 3.20. The lowest BCUT2D eigenvalue weighted by Gasteiger charge is -2.16. The van der Waals surface area contributed by atoms with Gasteiger partial charge in [0, 0.05) is 13.1 Å². The Hall–Kier alpha value is -2.69. The van der Waals surface area contributed by atoms with Gasteiger partial charge < -0.3 is 4.90 Å². The van der Waals surface area contributed by atoms with E-state index in [1.165, 1.54) is 0 Å². The molecule has 1 aliphatic heterocycles. The monoisotopic (exact) mass is 301 g/mol. The number of aromatic nitrogens is 3. The zero-order valence-corrected chi connectivity index (χ0v) is 12.2. The Morgan fingerprint density at radius 1 is 1.59 bits per heavy atom. The van der Waals surface area contributed by atoms with Crippen LogP contribution in [0, 0.1) is 11.5 Å². The number of nitrogens with one attached hydrogen (secondary N) is 1. The van der Waals surface area contributed by atoms with Crippen molar-refractivity contribution in [2.24, 2.45) is 4.99 Å². The molecule has 0 amide bonds. The fourth-order valence-electron chi connectivity index (χ4n) is 2.52. The Morgan fingerprint density at radius 2 is 2.45 bits per heavy atom. The van der Waals surface area contributed by atoms with Crippen LogP contribution in [0.4, 0.5) is 10.2 Å². The zero-order valence-electron chi connectivity index (χ0n) is 12.2. The second-order valence-electron chi connectivity index (χ2n) is 5.00. The quantitative estimate of drug-likeness (QED) is 0.397. The lowest BCUT2D eigenvalue weighted by molar-refractivity contribution is 0.364. The van der Waals surface area contributed by atoms with Crippen LogP contribution in [0.15, 0.2) is 23.3 Å². The summed E-state index contributed by atoms with van der Waals surface area (Å²) in [7, 11) is 0. The van der Waals surface area contributed by atoms with Gasteiger partial charge in [0.1, 0.15) is 17.7 Å². The van der Waals surface area contributed by atoms with E-state index in [1.54, 1.807) is 10.7 Å². The summed E-state index contributed by atoms with van der Waals surface area (Å²) in [6, 6.07) is 3.66. The maximum absolute atomic E-state index is 13.4. The standard InChI is InChI=1S/C14H16FN7/c1-2-17-14(19-9-16)11-7-18-12-3-4-13(20-22(11)12)21-6-5-10(15)8-21/h3-4,7,10H,2,5-6,8H2,1H3,(H,17,19). The third kappa shape index (κ3) is 2.57. The molecular weight excluding hydrogens is 285 g/mol. The summed E-state index contributed by atoms with van der Waals surface area (Å²) in [5.41, 5.74) is 1.26. The maximum atomic E-state index is 13.4. The van der Waals surface area contributed by atoms with Crippen molar-refractivity contribution < 1.29 is 4.39 Å². The average Bonchev–Trinajstić information content (AvgIpc) is 3.12. The van der Waals surface area contributed by atoms with Crippen LogP contribution in [0.3, 0.4) is 0 Å². The summed E-state index contributed by atoms with van der Waals surface area (Å²) in [5.74, 6) is 1.12. The van der Waals surface area contributed by atoms with Gasteiger partial charge in [0.05, 0.1) is 12.7 Å². The molecule has 3 rings (SSSR count). The Morgan fingerprint density at radius 3 is 3.14 bits per heavy atom. The summed E-state index contributed by atoms with van der Waals surface area (Å²) in [6.45, 7) is 3.42. The lowest BCUT2D eigenvalue weighted by Crippen LogP contribution is -2.24. The first-order valence-electron chi connectivity index (χ1n) is 7.16. The fourth-order valence-corrected chi connectivity index (χ4v) is 2.52. The van der Waals surface area contributed by atoms with Gasteiger partial charge in [0.15, 0.2) is 17.7 Å². The van der Waals surface area contributed by atoms with Crippen molar-refractivity contribution in [3.05, 3.63) is 24.0 Å². The molecule has 7 nitrogen and oxygen atoms in total. The smallest absolute Gasteiger partial charge is 0.182 e. The summed E-state index contributed by atoms with van der Waals surface area (Å²) in [5, 5.41) is 15.9. The van der Waals surface area contributed by atoms with Gasteiger partial charge in [0.2, 0.25) is 0 Å². The third-order valence-electron chi connectivity index (χ3n) is 3.54. The number of alkyl halides is 1. The van der Waals surface area contributed by atoms with Gasteiger partial charge in [0.25, 0.3) is 0 Å².